The second-order valence-corrected chi connectivity index (χ2v) is 5.96. The largest absolute Gasteiger partial charge is 0.377 e. The molecule has 1 aliphatic heterocycles. The van der Waals surface area contributed by atoms with Gasteiger partial charge in [0.25, 0.3) is 0 Å². The molecule has 2 rings (SSSR count). The van der Waals surface area contributed by atoms with E-state index in [1.807, 2.05) is 26.2 Å². The molecule has 0 aromatic heterocycles. The number of anilines is 2. The highest BCUT2D eigenvalue weighted by Gasteiger charge is 2.24. The first-order valence-electron chi connectivity index (χ1n) is 7.29. The van der Waals surface area contributed by atoms with Gasteiger partial charge in [0.15, 0.2) is 0 Å². The van der Waals surface area contributed by atoms with E-state index in [9.17, 15) is 4.79 Å². The zero-order valence-electron chi connectivity index (χ0n) is 12.9. The van der Waals surface area contributed by atoms with Crippen molar-refractivity contribution in [2.24, 2.45) is 5.92 Å². The van der Waals surface area contributed by atoms with E-state index in [1.54, 1.807) is 0 Å². The molecule has 0 bridgehead atoms. The molecule has 2 atom stereocenters. The van der Waals surface area contributed by atoms with E-state index >= 15 is 0 Å². The predicted octanol–water partition coefficient (Wildman–Crippen LogP) is 2.39. The number of carbonyl (C=O) groups excluding carboxylic acids is 1. The number of hydrogen-bond acceptors (Lipinski definition) is 3. The van der Waals surface area contributed by atoms with Gasteiger partial charge in [0.2, 0.25) is 5.91 Å². The minimum absolute atomic E-state index is 0.121. The molecule has 2 N–H and O–H groups in total. The summed E-state index contributed by atoms with van der Waals surface area (Å²) >= 11 is 0. The number of benzene rings is 1. The van der Waals surface area contributed by atoms with Gasteiger partial charge in [-0.15, -0.1) is 0 Å². The summed E-state index contributed by atoms with van der Waals surface area (Å²) in [5, 5.41) is 6.44. The molecule has 1 aromatic rings. The maximum Gasteiger partial charge on any atom is 0.227 e. The van der Waals surface area contributed by atoms with Crippen molar-refractivity contribution < 1.29 is 4.79 Å². The van der Waals surface area contributed by atoms with Crippen molar-refractivity contribution in [2.75, 3.05) is 30.9 Å². The Hall–Kier alpha value is -1.55. The molecular weight excluding hydrogens is 250 g/mol. The summed E-state index contributed by atoms with van der Waals surface area (Å²) < 4.78 is 0. The molecule has 0 saturated carbocycles. The summed E-state index contributed by atoms with van der Waals surface area (Å²) in [4.78, 5) is 14.4. The SMILES string of the molecule is Cc1ccc(NC(=O)C2CCNC(C)C2)cc1N(C)C. The van der Waals surface area contributed by atoms with Crippen LogP contribution in [-0.2, 0) is 4.79 Å². The van der Waals surface area contributed by atoms with Crippen LogP contribution in [0.2, 0.25) is 0 Å². The number of piperidine rings is 1. The van der Waals surface area contributed by atoms with Crippen LogP contribution in [0.1, 0.15) is 25.3 Å². The molecule has 20 heavy (non-hydrogen) atoms. The molecule has 1 saturated heterocycles. The number of rotatable bonds is 3. The highest BCUT2D eigenvalue weighted by atomic mass is 16.1. The molecule has 1 heterocycles. The van der Waals surface area contributed by atoms with Gasteiger partial charge in [0, 0.05) is 37.4 Å². The zero-order valence-corrected chi connectivity index (χ0v) is 12.9. The van der Waals surface area contributed by atoms with Crippen LogP contribution in [0.15, 0.2) is 18.2 Å². The van der Waals surface area contributed by atoms with Gasteiger partial charge < -0.3 is 15.5 Å². The van der Waals surface area contributed by atoms with Gasteiger partial charge in [-0.2, -0.15) is 0 Å². The zero-order chi connectivity index (χ0) is 14.7. The van der Waals surface area contributed by atoms with Crippen LogP contribution in [-0.4, -0.2) is 32.6 Å². The number of carbonyl (C=O) groups is 1. The Labute approximate surface area is 121 Å². The lowest BCUT2D eigenvalue weighted by molar-refractivity contribution is -0.120. The normalized spacial score (nSPS) is 22.4. The number of nitrogens with zero attached hydrogens (tertiary/aromatic N) is 1. The van der Waals surface area contributed by atoms with Crippen molar-refractivity contribution in [3.8, 4) is 0 Å². The van der Waals surface area contributed by atoms with Crippen molar-refractivity contribution >= 4 is 17.3 Å². The molecular formula is C16H25N3O. The molecule has 0 spiro atoms. The highest BCUT2D eigenvalue weighted by Crippen LogP contribution is 2.24. The van der Waals surface area contributed by atoms with E-state index in [4.69, 9.17) is 0 Å². The average Bonchev–Trinajstić information content (AvgIpc) is 2.40. The van der Waals surface area contributed by atoms with Gasteiger partial charge in [-0.1, -0.05) is 6.07 Å². The molecule has 1 amide bonds. The Morgan fingerprint density at radius 2 is 2.15 bits per heavy atom. The lowest BCUT2D eigenvalue weighted by Gasteiger charge is -2.27. The second kappa shape index (κ2) is 6.27. The third kappa shape index (κ3) is 3.51. The van der Waals surface area contributed by atoms with E-state index in [2.05, 4.69) is 35.4 Å². The summed E-state index contributed by atoms with van der Waals surface area (Å²) in [6.07, 6.45) is 1.83. The van der Waals surface area contributed by atoms with Gasteiger partial charge in [-0.25, -0.2) is 0 Å². The van der Waals surface area contributed by atoms with E-state index in [-0.39, 0.29) is 11.8 Å². The quantitative estimate of drug-likeness (QED) is 0.890. The molecule has 110 valence electrons. The summed E-state index contributed by atoms with van der Waals surface area (Å²) in [7, 11) is 4.03. The molecule has 0 radical (unpaired) electrons. The third-order valence-corrected chi connectivity index (χ3v) is 3.95. The fraction of sp³-hybridized carbons (Fsp3) is 0.562. The van der Waals surface area contributed by atoms with Crippen molar-refractivity contribution in [2.45, 2.75) is 32.7 Å². The minimum atomic E-state index is 0.121. The standard InChI is InChI=1S/C16H25N3O/c1-11-5-6-14(10-15(11)19(3)4)18-16(20)13-7-8-17-12(2)9-13/h5-6,10,12-13,17H,7-9H2,1-4H3,(H,18,20). The Morgan fingerprint density at radius 1 is 1.40 bits per heavy atom. The number of nitrogens with one attached hydrogen (secondary N) is 2. The first-order valence-corrected chi connectivity index (χ1v) is 7.29. The highest BCUT2D eigenvalue weighted by molar-refractivity contribution is 5.93. The fourth-order valence-electron chi connectivity index (χ4n) is 2.78. The monoisotopic (exact) mass is 275 g/mol. The smallest absolute Gasteiger partial charge is 0.227 e. The molecule has 2 unspecified atom stereocenters. The number of aryl methyl sites for hydroxylation is 1. The number of hydrogen-bond donors (Lipinski definition) is 2. The average molecular weight is 275 g/mol. The topological polar surface area (TPSA) is 44.4 Å². The Balaban J connectivity index is 2.06. The van der Waals surface area contributed by atoms with Crippen LogP contribution < -0.4 is 15.5 Å². The molecule has 1 aromatic carbocycles. The van der Waals surface area contributed by atoms with E-state index < -0.39 is 0 Å². The lowest BCUT2D eigenvalue weighted by atomic mass is 9.92. The van der Waals surface area contributed by atoms with Crippen molar-refractivity contribution in [3.63, 3.8) is 0 Å². The minimum Gasteiger partial charge on any atom is -0.377 e. The molecule has 1 fully saturated rings. The molecule has 0 aliphatic carbocycles. The lowest BCUT2D eigenvalue weighted by Crippen LogP contribution is -2.40. The first-order chi connectivity index (χ1) is 9.47. The summed E-state index contributed by atoms with van der Waals surface area (Å²) in [6.45, 7) is 5.14. The number of amides is 1. The van der Waals surface area contributed by atoms with Crippen LogP contribution in [0.25, 0.3) is 0 Å². The summed E-state index contributed by atoms with van der Waals surface area (Å²) in [6, 6.07) is 6.49. The summed E-state index contributed by atoms with van der Waals surface area (Å²) in [5.74, 6) is 0.266. The predicted molar refractivity (Wildman–Crippen MR) is 84.3 cm³/mol. The van der Waals surface area contributed by atoms with Crippen molar-refractivity contribution in [3.05, 3.63) is 23.8 Å². The van der Waals surface area contributed by atoms with Crippen molar-refractivity contribution in [1.29, 1.82) is 0 Å². The maximum atomic E-state index is 12.3. The van der Waals surface area contributed by atoms with Crippen LogP contribution in [0.3, 0.4) is 0 Å². The van der Waals surface area contributed by atoms with Gasteiger partial charge in [0.1, 0.15) is 0 Å². The van der Waals surface area contributed by atoms with Crippen molar-refractivity contribution in [1.82, 2.24) is 5.32 Å². The van der Waals surface area contributed by atoms with Crippen LogP contribution in [0, 0.1) is 12.8 Å². The van der Waals surface area contributed by atoms with Gasteiger partial charge in [0.05, 0.1) is 0 Å². The third-order valence-electron chi connectivity index (χ3n) is 3.95. The molecule has 1 aliphatic rings. The molecule has 4 nitrogen and oxygen atoms in total. The van der Waals surface area contributed by atoms with E-state index in [0.717, 1.165) is 30.8 Å². The van der Waals surface area contributed by atoms with Gasteiger partial charge >= 0.3 is 0 Å². The van der Waals surface area contributed by atoms with E-state index in [1.165, 1.54) is 5.56 Å². The van der Waals surface area contributed by atoms with Gasteiger partial charge in [-0.05, 0) is 50.9 Å². The van der Waals surface area contributed by atoms with Crippen LogP contribution in [0.5, 0.6) is 0 Å². The maximum absolute atomic E-state index is 12.3. The Morgan fingerprint density at radius 3 is 2.80 bits per heavy atom. The Kier molecular flexibility index (Phi) is 4.65. The first kappa shape index (κ1) is 14.9. The fourth-order valence-corrected chi connectivity index (χ4v) is 2.78. The van der Waals surface area contributed by atoms with Gasteiger partial charge in [-0.3, -0.25) is 4.79 Å². The molecule has 4 heteroatoms. The summed E-state index contributed by atoms with van der Waals surface area (Å²) in [5.41, 5.74) is 3.24. The van der Waals surface area contributed by atoms with Crippen LogP contribution in [0.4, 0.5) is 11.4 Å². The van der Waals surface area contributed by atoms with E-state index in [0.29, 0.717) is 6.04 Å². The Bertz CT molecular complexity index is 485. The second-order valence-electron chi connectivity index (χ2n) is 5.96. The van der Waals surface area contributed by atoms with Crippen LogP contribution >= 0.6 is 0 Å².